The number of aromatic nitrogens is 3. The second kappa shape index (κ2) is 9.36. The predicted molar refractivity (Wildman–Crippen MR) is 90.9 cm³/mol. The number of carbonyl (C=O) groups excluding carboxylic acids is 1. The number of thioether (sulfide) groups is 1. The lowest BCUT2D eigenvalue weighted by Gasteiger charge is -2.09. The molecule has 0 aliphatic rings. The van der Waals surface area contributed by atoms with E-state index in [9.17, 15) is 13.6 Å². The van der Waals surface area contributed by atoms with Crippen LogP contribution >= 0.6 is 11.8 Å². The van der Waals surface area contributed by atoms with E-state index in [1.165, 1.54) is 23.9 Å². The summed E-state index contributed by atoms with van der Waals surface area (Å²) in [6, 6.07) is 6.60. The Morgan fingerprint density at radius 2 is 2.04 bits per heavy atom. The lowest BCUT2D eigenvalue weighted by atomic mass is 10.1. The van der Waals surface area contributed by atoms with Crippen molar-refractivity contribution in [2.75, 3.05) is 12.3 Å². The number of hydrogen-bond acceptors (Lipinski definition) is 5. The van der Waals surface area contributed by atoms with Gasteiger partial charge in [-0.05, 0) is 38.0 Å². The molecule has 0 atom stereocenters. The van der Waals surface area contributed by atoms with Gasteiger partial charge in [-0.2, -0.15) is 8.78 Å². The van der Waals surface area contributed by atoms with Gasteiger partial charge in [-0.1, -0.05) is 23.9 Å². The summed E-state index contributed by atoms with van der Waals surface area (Å²) in [7, 11) is 0. The van der Waals surface area contributed by atoms with Crippen LogP contribution in [0.1, 0.15) is 25.5 Å². The number of ether oxygens (including phenoxy) is 1. The Hall–Kier alpha value is -2.16. The van der Waals surface area contributed by atoms with Crippen molar-refractivity contribution in [1.82, 2.24) is 20.1 Å². The van der Waals surface area contributed by atoms with Gasteiger partial charge in [0.2, 0.25) is 5.91 Å². The van der Waals surface area contributed by atoms with Gasteiger partial charge < -0.3 is 14.6 Å². The van der Waals surface area contributed by atoms with Crippen LogP contribution in [0.3, 0.4) is 0 Å². The fourth-order valence-corrected chi connectivity index (χ4v) is 2.93. The van der Waals surface area contributed by atoms with Gasteiger partial charge >= 0.3 is 6.61 Å². The van der Waals surface area contributed by atoms with Crippen molar-refractivity contribution in [3.63, 3.8) is 0 Å². The molecule has 6 nitrogen and oxygen atoms in total. The number of benzene rings is 1. The fourth-order valence-electron chi connectivity index (χ4n) is 2.05. The van der Waals surface area contributed by atoms with Crippen LogP contribution in [0.25, 0.3) is 0 Å². The third-order valence-electron chi connectivity index (χ3n) is 3.31. The lowest BCUT2D eigenvalue weighted by Crippen LogP contribution is -2.27. The number of rotatable bonds is 9. The summed E-state index contributed by atoms with van der Waals surface area (Å²) in [5.41, 5.74) is 0.925. The number of amides is 1. The molecule has 1 heterocycles. The largest absolute Gasteiger partial charge is 0.435 e. The van der Waals surface area contributed by atoms with Crippen LogP contribution in [0.2, 0.25) is 0 Å². The summed E-state index contributed by atoms with van der Waals surface area (Å²) in [5.74, 6) is 0.279. The van der Waals surface area contributed by atoms with Gasteiger partial charge in [-0.25, -0.2) is 0 Å². The summed E-state index contributed by atoms with van der Waals surface area (Å²) < 4.78 is 30.3. The Labute approximate surface area is 149 Å². The van der Waals surface area contributed by atoms with E-state index in [0.717, 1.165) is 5.56 Å². The first-order valence-corrected chi connectivity index (χ1v) is 8.77. The van der Waals surface area contributed by atoms with E-state index in [0.29, 0.717) is 18.1 Å². The van der Waals surface area contributed by atoms with Crippen molar-refractivity contribution in [2.24, 2.45) is 0 Å². The van der Waals surface area contributed by atoms with Crippen molar-refractivity contribution in [1.29, 1.82) is 0 Å². The van der Waals surface area contributed by atoms with Crippen LogP contribution in [0, 0.1) is 0 Å². The molecule has 0 saturated carbocycles. The molecule has 1 amide bonds. The van der Waals surface area contributed by atoms with E-state index in [-0.39, 0.29) is 23.5 Å². The molecule has 9 heteroatoms. The minimum absolute atomic E-state index is 0.0963. The smallest absolute Gasteiger partial charge is 0.387 e. The molecule has 2 aromatic rings. The number of hydrogen-bond donors (Lipinski definition) is 1. The van der Waals surface area contributed by atoms with Crippen LogP contribution in [0.15, 0.2) is 35.7 Å². The molecule has 1 N–H and O–H groups in total. The highest BCUT2D eigenvalue weighted by molar-refractivity contribution is 7.99. The third-order valence-corrected chi connectivity index (χ3v) is 4.27. The molecule has 2 rings (SSSR count). The quantitative estimate of drug-likeness (QED) is 0.688. The van der Waals surface area contributed by atoms with Crippen molar-refractivity contribution >= 4 is 17.7 Å². The first-order valence-electron chi connectivity index (χ1n) is 7.78. The SMILES string of the molecule is CC(C)n1cnnc1SCC(=O)NCCc1ccc(OC(F)F)cc1. The molecule has 0 radical (unpaired) electrons. The van der Waals surface area contributed by atoms with Gasteiger partial charge in [0.15, 0.2) is 5.16 Å². The van der Waals surface area contributed by atoms with Gasteiger partial charge in [0.05, 0.1) is 5.75 Å². The Morgan fingerprint density at radius 3 is 2.68 bits per heavy atom. The summed E-state index contributed by atoms with van der Waals surface area (Å²) >= 11 is 1.33. The van der Waals surface area contributed by atoms with Crippen LogP contribution in [-0.4, -0.2) is 39.6 Å². The first-order chi connectivity index (χ1) is 12.0. The normalized spacial score (nSPS) is 11.1. The molecule has 1 aromatic carbocycles. The van der Waals surface area contributed by atoms with E-state index in [4.69, 9.17) is 0 Å². The highest BCUT2D eigenvalue weighted by Crippen LogP contribution is 2.18. The zero-order valence-electron chi connectivity index (χ0n) is 14.0. The van der Waals surface area contributed by atoms with Gasteiger partial charge in [-0.3, -0.25) is 4.79 Å². The molecule has 25 heavy (non-hydrogen) atoms. The number of nitrogens with one attached hydrogen (secondary N) is 1. The molecule has 0 fully saturated rings. The van der Waals surface area contributed by atoms with Crippen LogP contribution in [0.4, 0.5) is 8.78 Å². The van der Waals surface area contributed by atoms with Crippen LogP contribution < -0.4 is 10.1 Å². The summed E-state index contributed by atoms with van der Waals surface area (Å²) in [6.45, 7) is 1.67. The zero-order valence-corrected chi connectivity index (χ0v) is 14.8. The summed E-state index contributed by atoms with van der Waals surface area (Å²) in [5, 5.41) is 11.4. The minimum Gasteiger partial charge on any atom is -0.435 e. The van der Waals surface area contributed by atoms with Gasteiger partial charge in [-0.15, -0.1) is 10.2 Å². The molecule has 1 aromatic heterocycles. The topological polar surface area (TPSA) is 69.0 Å². The van der Waals surface area contributed by atoms with E-state index in [1.54, 1.807) is 18.5 Å². The van der Waals surface area contributed by atoms with E-state index < -0.39 is 6.61 Å². The maximum absolute atomic E-state index is 12.1. The van der Waals surface area contributed by atoms with Crippen molar-refractivity contribution < 1.29 is 18.3 Å². The second-order valence-electron chi connectivity index (χ2n) is 5.53. The van der Waals surface area contributed by atoms with Gasteiger partial charge in [0, 0.05) is 12.6 Å². The van der Waals surface area contributed by atoms with E-state index >= 15 is 0 Å². The molecule has 0 aliphatic carbocycles. The Bertz CT molecular complexity index is 677. The average Bonchev–Trinajstić information content (AvgIpc) is 3.03. The molecular weight excluding hydrogens is 350 g/mol. The predicted octanol–water partition coefficient (Wildman–Crippen LogP) is 2.91. The number of alkyl halides is 2. The first kappa shape index (κ1) is 19.2. The van der Waals surface area contributed by atoms with Gasteiger partial charge in [0.25, 0.3) is 0 Å². The second-order valence-corrected chi connectivity index (χ2v) is 6.47. The Balaban J connectivity index is 1.70. The van der Waals surface area contributed by atoms with E-state index in [2.05, 4.69) is 20.3 Å². The van der Waals surface area contributed by atoms with Crippen LogP contribution in [0.5, 0.6) is 5.75 Å². The van der Waals surface area contributed by atoms with Crippen molar-refractivity contribution in [3.8, 4) is 5.75 Å². The summed E-state index contributed by atoms with van der Waals surface area (Å²) in [4.78, 5) is 11.9. The highest BCUT2D eigenvalue weighted by atomic mass is 32.2. The molecule has 0 saturated heterocycles. The van der Waals surface area contributed by atoms with Gasteiger partial charge in [0.1, 0.15) is 12.1 Å². The molecule has 0 unspecified atom stereocenters. The highest BCUT2D eigenvalue weighted by Gasteiger charge is 2.10. The maximum Gasteiger partial charge on any atom is 0.387 e. The maximum atomic E-state index is 12.1. The lowest BCUT2D eigenvalue weighted by molar-refractivity contribution is -0.118. The monoisotopic (exact) mass is 370 g/mol. The zero-order chi connectivity index (χ0) is 18.2. The number of halogens is 2. The van der Waals surface area contributed by atoms with Crippen molar-refractivity contribution in [3.05, 3.63) is 36.2 Å². The molecule has 0 aliphatic heterocycles. The molecule has 136 valence electrons. The van der Waals surface area contributed by atoms with Crippen LogP contribution in [-0.2, 0) is 11.2 Å². The number of nitrogens with zero attached hydrogens (tertiary/aromatic N) is 3. The Kier molecular flexibility index (Phi) is 7.17. The molecule has 0 spiro atoms. The average molecular weight is 370 g/mol. The standard InChI is InChI=1S/C16H20F2N4O2S/c1-11(2)22-10-20-21-16(22)25-9-14(23)19-8-7-12-3-5-13(6-4-12)24-15(17)18/h3-6,10-11,15H,7-9H2,1-2H3,(H,19,23). The Morgan fingerprint density at radius 1 is 1.32 bits per heavy atom. The third kappa shape index (κ3) is 6.33. The van der Waals surface area contributed by atoms with Crippen molar-refractivity contribution in [2.45, 2.75) is 38.1 Å². The number of carbonyl (C=O) groups is 1. The minimum atomic E-state index is -2.83. The fraction of sp³-hybridized carbons (Fsp3) is 0.438. The van der Waals surface area contributed by atoms with E-state index in [1.807, 2.05) is 18.4 Å². The molecular formula is C16H20F2N4O2S. The summed E-state index contributed by atoms with van der Waals surface area (Å²) in [6.07, 6.45) is 2.25. The molecule has 0 bridgehead atoms.